The number of carbonyl (C=O) groups excluding carboxylic acids is 1. The first-order valence-corrected chi connectivity index (χ1v) is 11.2. The molecule has 5 rings (SSSR count). The number of nitrogens with zero attached hydrogens (tertiary/aromatic N) is 3. The number of amides is 1. The molecule has 31 heavy (non-hydrogen) atoms. The van der Waals surface area contributed by atoms with Gasteiger partial charge in [0.05, 0.1) is 23.9 Å². The molecule has 1 aliphatic heterocycles. The van der Waals surface area contributed by atoms with Crippen LogP contribution in [-0.2, 0) is 17.6 Å². The van der Waals surface area contributed by atoms with Crippen molar-refractivity contribution in [2.24, 2.45) is 5.92 Å². The van der Waals surface area contributed by atoms with E-state index in [1.165, 1.54) is 22.4 Å². The summed E-state index contributed by atoms with van der Waals surface area (Å²) in [5.74, 6) is 0.760. The van der Waals surface area contributed by atoms with Crippen LogP contribution in [0.2, 0.25) is 5.02 Å². The molecular formula is C25H25ClN4O. The maximum absolute atomic E-state index is 12.6. The van der Waals surface area contributed by atoms with Gasteiger partial charge in [0.25, 0.3) is 0 Å². The predicted molar refractivity (Wildman–Crippen MR) is 122 cm³/mol. The van der Waals surface area contributed by atoms with E-state index in [0.717, 1.165) is 49.5 Å². The van der Waals surface area contributed by atoms with Crippen LogP contribution in [0.1, 0.15) is 46.8 Å². The van der Waals surface area contributed by atoms with E-state index in [4.69, 9.17) is 16.6 Å². The molecule has 3 heterocycles. The highest BCUT2D eigenvalue weighted by molar-refractivity contribution is 6.30. The smallest absolute Gasteiger partial charge is 0.246 e. The van der Waals surface area contributed by atoms with Gasteiger partial charge in [0.1, 0.15) is 0 Å². The Morgan fingerprint density at radius 3 is 2.81 bits per heavy atom. The molecule has 0 spiro atoms. The summed E-state index contributed by atoms with van der Waals surface area (Å²) in [6.45, 7) is 1.52. The monoisotopic (exact) mass is 432 g/mol. The lowest BCUT2D eigenvalue weighted by molar-refractivity contribution is -0.127. The number of hydrogen-bond donors (Lipinski definition) is 1. The van der Waals surface area contributed by atoms with Crippen molar-refractivity contribution in [1.82, 2.24) is 19.9 Å². The third-order valence-corrected chi connectivity index (χ3v) is 6.81. The van der Waals surface area contributed by atoms with E-state index in [2.05, 4.69) is 28.2 Å². The van der Waals surface area contributed by atoms with Crippen LogP contribution in [0, 0.1) is 5.92 Å². The normalized spacial score (nSPS) is 19.1. The van der Waals surface area contributed by atoms with Gasteiger partial charge in [0.2, 0.25) is 5.91 Å². The molecule has 1 unspecified atom stereocenters. The number of pyridine rings is 1. The number of likely N-dealkylation sites (tertiary alicyclic amines) is 1. The summed E-state index contributed by atoms with van der Waals surface area (Å²) in [6.07, 6.45) is 12.5. The largest absolute Gasteiger partial charge is 0.345 e. The molecule has 1 N–H and O–H groups in total. The molecule has 0 saturated carbocycles. The molecule has 1 saturated heterocycles. The number of H-pyrrole nitrogens is 1. The number of aromatic amines is 1. The zero-order chi connectivity index (χ0) is 21.2. The third-order valence-electron chi connectivity index (χ3n) is 6.57. The zero-order valence-corrected chi connectivity index (χ0v) is 18.1. The highest BCUT2D eigenvalue weighted by Gasteiger charge is 2.34. The molecule has 158 valence electrons. The summed E-state index contributed by atoms with van der Waals surface area (Å²) in [5.41, 5.74) is 6.05. The second-order valence-electron chi connectivity index (χ2n) is 8.37. The number of aromatic nitrogens is 3. The van der Waals surface area contributed by atoms with Crippen LogP contribution in [0.5, 0.6) is 0 Å². The van der Waals surface area contributed by atoms with Crippen LogP contribution in [0.3, 0.4) is 0 Å². The number of imidazole rings is 1. The molecule has 1 atom stereocenters. The summed E-state index contributed by atoms with van der Waals surface area (Å²) in [6, 6.07) is 10.6. The number of piperidine rings is 1. The lowest BCUT2D eigenvalue weighted by Crippen LogP contribution is -2.39. The van der Waals surface area contributed by atoms with Crippen molar-refractivity contribution in [3.05, 3.63) is 88.2 Å². The van der Waals surface area contributed by atoms with Gasteiger partial charge in [-0.05, 0) is 72.6 Å². The van der Waals surface area contributed by atoms with Crippen LogP contribution in [0.25, 0.3) is 6.08 Å². The number of aryl methyl sites for hydroxylation is 2. The Morgan fingerprint density at radius 1 is 1.16 bits per heavy atom. The summed E-state index contributed by atoms with van der Waals surface area (Å²) in [5, 5.41) is 0.792. The molecule has 1 amide bonds. The Kier molecular flexibility index (Phi) is 5.60. The van der Waals surface area contributed by atoms with E-state index in [1.807, 2.05) is 23.2 Å². The van der Waals surface area contributed by atoms with Gasteiger partial charge in [-0.2, -0.15) is 0 Å². The van der Waals surface area contributed by atoms with E-state index in [9.17, 15) is 4.79 Å². The quantitative estimate of drug-likeness (QED) is 0.613. The van der Waals surface area contributed by atoms with Gasteiger partial charge >= 0.3 is 0 Å². The van der Waals surface area contributed by atoms with Crippen LogP contribution >= 0.6 is 11.6 Å². The number of benzene rings is 1. The second-order valence-corrected chi connectivity index (χ2v) is 8.81. The topological polar surface area (TPSA) is 61.9 Å². The van der Waals surface area contributed by atoms with E-state index in [0.29, 0.717) is 5.92 Å². The average Bonchev–Trinajstić information content (AvgIpc) is 3.26. The number of fused-ring (bicyclic) bond motifs is 2. The minimum Gasteiger partial charge on any atom is -0.345 e. The van der Waals surface area contributed by atoms with Crippen LogP contribution < -0.4 is 0 Å². The predicted octanol–water partition coefficient (Wildman–Crippen LogP) is 4.64. The Balaban J connectivity index is 1.37. The van der Waals surface area contributed by atoms with Gasteiger partial charge in [-0.15, -0.1) is 0 Å². The van der Waals surface area contributed by atoms with Crippen molar-refractivity contribution >= 4 is 23.6 Å². The second kappa shape index (κ2) is 8.67. The highest BCUT2D eigenvalue weighted by Crippen LogP contribution is 2.42. The molecule has 1 fully saturated rings. The Morgan fingerprint density at radius 2 is 2.00 bits per heavy atom. The minimum absolute atomic E-state index is 0.0552. The van der Waals surface area contributed by atoms with Crippen molar-refractivity contribution in [2.45, 2.75) is 31.6 Å². The fourth-order valence-corrected chi connectivity index (χ4v) is 5.20. The maximum Gasteiger partial charge on any atom is 0.246 e. The third kappa shape index (κ3) is 4.15. The molecule has 2 aromatic heterocycles. The Hall–Kier alpha value is -2.92. The first kappa shape index (κ1) is 20.0. The summed E-state index contributed by atoms with van der Waals surface area (Å²) in [4.78, 5) is 26.4. The van der Waals surface area contributed by atoms with Gasteiger partial charge in [-0.3, -0.25) is 9.78 Å². The molecule has 2 aliphatic rings. The van der Waals surface area contributed by atoms with Crippen LogP contribution in [0.4, 0.5) is 0 Å². The lowest BCUT2D eigenvalue weighted by atomic mass is 9.76. The average molecular weight is 433 g/mol. The van der Waals surface area contributed by atoms with Gasteiger partial charge in [-0.25, -0.2) is 4.98 Å². The number of nitrogens with one attached hydrogen (secondary N) is 1. The fraction of sp³-hybridized carbons (Fsp3) is 0.320. The van der Waals surface area contributed by atoms with E-state index in [-0.39, 0.29) is 11.8 Å². The standard InChI is InChI=1S/C25H25ClN4O/c26-20-5-7-22-19(14-20)4-3-18-2-1-11-28-25(18)24(22)17-9-12-30(13-10-17)23(31)8-6-21-15-27-16-29-21/h1-2,5-8,11,14-17,24H,3-4,9-10,12-13H2,(H,27,29). The SMILES string of the molecule is O=C(C=Cc1cnc[nH]1)N1CCC(C2c3ccc(Cl)cc3CCc3cccnc32)CC1. The molecule has 6 heteroatoms. The fourth-order valence-electron chi connectivity index (χ4n) is 5.01. The van der Waals surface area contributed by atoms with Crippen molar-refractivity contribution in [3.63, 3.8) is 0 Å². The maximum atomic E-state index is 12.6. The molecular weight excluding hydrogens is 408 g/mol. The number of rotatable bonds is 3. The molecule has 5 nitrogen and oxygen atoms in total. The summed E-state index contributed by atoms with van der Waals surface area (Å²) in [7, 11) is 0. The minimum atomic E-state index is 0.0552. The molecule has 0 radical (unpaired) electrons. The Bertz CT molecular complexity index is 1100. The number of halogens is 1. The molecule has 1 aromatic carbocycles. The van der Waals surface area contributed by atoms with Gasteiger partial charge < -0.3 is 9.88 Å². The summed E-state index contributed by atoms with van der Waals surface area (Å²) >= 11 is 6.32. The summed E-state index contributed by atoms with van der Waals surface area (Å²) < 4.78 is 0. The van der Waals surface area contributed by atoms with Gasteiger partial charge in [0, 0.05) is 36.3 Å². The highest BCUT2D eigenvalue weighted by atomic mass is 35.5. The molecule has 0 bridgehead atoms. The van der Waals surface area contributed by atoms with E-state index >= 15 is 0 Å². The Labute approximate surface area is 187 Å². The van der Waals surface area contributed by atoms with Crippen molar-refractivity contribution < 1.29 is 4.79 Å². The van der Waals surface area contributed by atoms with Crippen LogP contribution in [-0.4, -0.2) is 38.8 Å². The van der Waals surface area contributed by atoms with Crippen molar-refractivity contribution in [3.8, 4) is 0 Å². The number of hydrogen-bond acceptors (Lipinski definition) is 3. The van der Waals surface area contributed by atoms with Crippen LogP contribution in [0.15, 0.2) is 55.1 Å². The van der Waals surface area contributed by atoms with Crippen molar-refractivity contribution in [2.75, 3.05) is 13.1 Å². The van der Waals surface area contributed by atoms with Gasteiger partial charge in [-0.1, -0.05) is 23.7 Å². The number of carbonyl (C=O) groups is 1. The molecule has 1 aliphatic carbocycles. The molecule has 3 aromatic rings. The van der Waals surface area contributed by atoms with E-state index in [1.54, 1.807) is 24.7 Å². The first-order valence-electron chi connectivity index (χ1n) is 10.9. The van der Waals surface area contributed by atoms with Crippen molar-refractivity contribution in [1.29, 1.82) is 0 Å². The first-order chi connectivity index (χ1) is 15.2. The van der Waals surface area contributed by atoms with Gasteiger partial charge in [0.15, 0.2) is 0 Å². The zero-order valence-electron chi connectivity index (χ0n) is 17.3. The lowest BCUT2D eigenvalue weighted by Gasteiger charge is -2.36. The van der Waals surface area contributed by atoms with E-state index < -0.39 is 0 Å².